The number of nitrogens with one attached hydrogen (secondary N) is 1. The third-order valence-corrected chi connectivity index (χ3v) is 1.86. The van der Waals surface area contributed by atoms with E-state index >= 15 is 0 Å². The van der Waals surface area contributed by atoms with Crippen molar-refractivity contribution in [3.05, 3.63) is 0 Å². The summed E-state index contributed by atoms with van der Waals surface area (Å²) in [5.41, 5.74) is 0. The van der Waals surface area contributed by atoms with Crippen molar-refractivity contribution in [2.75, 3.05) is 0 Å². The first-order chi connectivity index (χ1) is 6.30. The maximum Gasteiger partial charge on any atom is 0.407 e. The van der Waals surface area contributed by atoms with Gasteiger partial charge in [0, 0.05) is 6.04 Å². The van der Waals surface area contributed by atoms with Crippen LogP contribution in [0.4, 0.5) is 18.0 Å². The van der Waals surface area contributed by atoms with E-state index in [1.807, 2.05) is 0 Å². The van der Waals surface area contributed by atoms with Gasteiger partial charge in [-0.25, -0.2) is 4.79 Å². The molecule has 1 N–H and O–H groups in total. The number of rotatable bonds is 2. The molecule has 0 heterocycles. The minimum Gasteiger partial charge on any atom is -0.447 e. The molecule has 0 aromatic rings. The van der Waals surface area contributed by atoms with E-state index < -0.39 is 24.2 Å². The highest BCUT2D eigenvalue weighted by Gasteiger charge is 2.56. The zero-order chi connectivity index (χ0) is 10.9. The number of alkyl carbamates (subject to hydrolysis) is 1. The molecule has 1 rings (SSSR count). The zero-order valence-electron chi connectivity index (χ0n) is 7.89. The lowest BCUT2D eigenvalue weighted by Crippen LogP contribution is -2.31. The number of carbonyl (C=O) groups excluding carboxylic acids is 1. The van der Waals surface area contributed by atoms with Gasteiger partial charge >= 0.3 is 12.3 Å². The molecule has 1 fully saturated rings. The van der Waals surface area contributed by atoms with Crippen LogP contribution in [-0.2, 0) is 4.74 Å². The van der Waals surface area contributed by atoms with Crippen molar-refractivity contribution in [3.8, 4) is 0 Å². The molecule has 3 nitrogen and oxygen atoms in total. The molecule has 2 atom stereocenters. The van der Waals surface area contributed by atoms with Crippen LogP contribution in [0.15, 0.2) is 0 Å². The number of alkyl halides is 3. The first kappa shape index (κ1) is 11.1. The van der Waals surface area contributed by atoms with E-state index in [1.54, 1.807) is 13.8 Å². The Morgan fingerprint density at radius 3 is 2.43 bits per heavy atom. The first-order valence-corrected chi connectivity index (χ1v) is 4.34. The SMILES string of the molecule is CC(C)OC(=O)N[C@H]1C[C@@H]1C(F)(F)F. The lowest BCUT2D eigenvalue weighted by atomic mass is 10.4. The predicted octanol–water partition coefficient (Wildman–Crippen LogP) is 2.07. The summed E-state index contributed by atoms with van der Waals surface area (Å²) >= 11 is 0. The van der Waals surface area contributed by atoms with Gasteiger partial charge in [0.25, 0.3) is 0 Å². The lowest BCUT2D eigenvalue weighted by Gasteiger charge is -2.09. The topological polar surface area (TPSA) is 38.3 Å². The van der Waals surface area contributed by atoms with Crippen LogP contribution in [0, 0.1) is 5.92 Å². The average Bonchev–Trinajstić information content (AvgIpc) is 2.62. The van der Waals surface area contributed by atoms with Crippen LogP contribution in [0.1, 0.15) is 20.3 Å². The average molecular weight is 211 g/mol. The Hall–Kier alpha value is -0.940. The lowest BCUT2D eigenvalue weighted by molar-refractivity contribution is -0.148. The van der Waals surface area contributed by atoms with Gasteiger partial charge in [0.15, 0.2) is 0 Å². The second kappa shape index (κ2) is 3.67. The van der Waals surface area contributed by atoms with E-state index in [2.05, 4.69) is 10.1 Å². The Labute approximate surface area is 79.6 Å². The maximum absolute atomic E-state index is 12.0. The molecule has 0 bridgehead atoms. The second-order valence-electron chi connectivity index (χ2n) is 3.59. The molecule has 0 aromatic carbocycles. The molecular formula is C8H12F3NO2. The summed E-state index contributed by atoms with van der Waals surface area (Å²) in [6, 6.07) is -0.804. The number of ether oxygens (including phenoxy) is 1. The standard InChI is InChI=1S/C8H12F3NO2/c1-4(2)14-7(13)12-6-3-5(6)8(9,10)11/h4-6H,3H2,1-2H3,(H,12,13)/t5-,6-/m0/s1. The molecule has 1 aliphatic rings. The molecule has 6 heteroatoms. The Balaban J connectivity index is 2.26. The molecule has 0 aliphatic heterocycles. The summed E-state index contributed by atoms with van der Waals surface area (Å²) in [6.07, 6.45) is -5.36. The molecule has 1 saturated carbocycles. The smallest absolute Gasteiger partial charge is 0.407 e. The fourth-order valence-electron chi connectivity index (χ4n) is 1.12. The van der Waals surface area contributed by atoms with Gasteiger partial charge in [-0.05, 0) is 20.3 Å². The quantitative estimate of drug-likeness (QED) is 0.759. The molecule has 0 aromatic heterocycles. The summed E-state index contributed by atoms with van der Waals surface area (Å²) < 4.78 is 40.7. The normalized spacial score (nSPS) is 26.1. The predicted molar refractivity (Wildman–Crippen MR) is 42.7 cm³/mol. The van der Waals surface area contributed by atoms with Crippen molar-refractivity contribution >= 4 is 6.09 Å². The van der Waals surface area contributed by atoms with Gasteiger partial charge in [-0.15, -0.1) is 0 Å². The van der Waals surface area contributed by atoms with Gasteiger partial charge in [0.1, 0.15) is 0 Å². The Morgan fingerprint density at radius 2 is 2.07 bits per heavy atom. The highest BCUT2D eigenvalue weighted by molar-refractivity contribution is 5.68. The van der Waals surface area contributed by atoms with E-state index in [-0.39, 0.29) is 12.5 Å². The summed E-state index contributed by atoms with van der Waals surface area (Å²) in [5, 5.41) is 2.16. The molecule has 0 spiro atoms. The minimum absolute atomic E-state index is 0.0449. The monoisotopic (exact) mass is 211 g/mol. The highest BCUT2D eigenvalue weighted by Crippen LogP contribution is 2.44. The molecule has 14 heavy (non-hydrogen) atoms. The fraction of sp³-hybridized carbons (Fsp3) is 0.875. The van der Waals surface area contributed by atoms with Crippen molar-refractivity contribution in [3.63, 3.8) is 0 Å². The van der Waals surface area contributed by atoms with Crippen LogP contribution in [-0.4, -0.2) is 24.4 Å². The molecule has 1 aliphatic carbocycles. The van der Waals surface area contributed by atoms with Crippen LogP contribution in [0.5, 0.6) is 0 Å². The molecule has 0 radical (unpaired) electrons. The number of amides is 1. The molecule has 0 saturated heterocycles. The van der Waals surface area contributed by atoms with E-state index in [9.17, 15) is 18.0 Å². The van der Waals surface area contributed by atoms with Crippen LogP contribution in [0.3, 0.4) is 0 Å². The van der Waals surface area contributed by atoms with Gasteiger partial charge in [-0.2, -0.15) is 13.2 Å². The number of hydrogen-bond donors (Lipinski definition) is 1. The Morgan fingerprint density at radius 1 is 1.50 bits per heavy atom. The number of carbonyl (C=O) groups is 1. The Bertz CT molecular complexity index is 227. The van der Waals surface area contributed by atoms with E-state index in [0.717, 1.165) is 0 Å². The number of hydrogen-bond acceptors (Lipinski definition) is 2. The van der Waals surface area contributed by atoms with Crippen molar-refractivity contribution < 1.29 is 22.7 Å². The van der Waals surface area contributed by atoms with Gasteiger partial charge in [-0.1, -0.05) is 0 Å². The largest absolute Gasteiger partial charge is 0.447 e. The van der Waals surface area contributed by atoms with Crippen LogP contribution < -0.4 is 5.32 Å². The summed E-state index contributed by atoms with van der Waals surface area (Å²) in [6.45, 7) is 3.27. The van der Waals surface area contributed by atoms with E-state index in [0.29, 0.717) is 0 Å². The molecule has 82 valence electrons. The van der Waals surface area contributed by atoms with Crippen molar-refractivity contribution in [1.82, 2.24) is 5.32 Å². The second-order valence-corrected chi connectivity index (χ2v) is 3.59. The fourth-order valence-corrected chi connectivity index (χ4v) is 1.12. The van der Waals surface area contributed by atoms with Crippen molar-refractivity contribution in [2.24, 2.45) is 5.92 Å². The third-order valence-electron chi connectivity index (χ3n) is 1.86. The van der Waals surface area contributed by atoms with Crippen molar-refractivity contribution in [2.45, 2.75) is 38.6 Å². The van der Waals surface area contributed by atoms with Gasteiger partial charge in [0.05, 0.1) is 12.0 Å². The highest BCUT2D eigenvalue weighted by atomic mass is 19.4. The van der Waals surface area contributed by atoms with Crippen LogP contribution in [0.2, 0.25) is 0 Å². The van der Waals surface area contributed by atoms with Crippen molar-refractivity contribution in [1.29, 1.82) is 0 Å². The molecule has 0 unspecified atom stereocenters. The number of halogens is 3. The minimum atomic E-state index is -4.21. The molecule has 1 amide bonds. The summed E-state index contributed by atoms with van der Waals surface area (Å²) in [4.78, 5) is 10.9. The van der Waals surface area contributed by atoms with E-state index in [1.165, 1.54) is 0 Å². The Kier molecular flexibility index (Phi) is 2.92. The summed E-state index contributed by atoms with van der Waals surface area (Å²) in [5.74, 6) is -1.40. The van der Waals surface area contributed by atoms with Gasteiger partial charge < -0.3 is 10.1 Å². The van der Waals surface area contributed by atoms with E-state index in [4.69, 9.17) is 0 Å². The van der Waals surface area contributed by atoms with Crippen LogP contribution >= 0.6 is 0 Å². The maximum atomic E-state index is 12.0. The summed E-state index contributed by atoms with van der Waals surface area (Å²) in [7, 11) is 0. The first-order valence-electron chi connectivity index (χ1n) is 4.34. The zero-order valence-corrected chi connectivity index (χ0v) is 7.89. The van der Waals surface area contributed by atoms with Gasteiger partial charge in [0.2, 0.25) is 0 Å². The van der Waals surface area contributed by atoms with Crippen LogP contribution in [0.25, 0.3) is 0 Å². The third kappa shape index (κ3) is 3.08. The van der Waals surface area contributed by atoms with Gasteiger partial charge in [-0.3, -0.25) is 0 Å². The molecular weight excluding hydrogens is 199 g/mol.